The molecule has 1 aromatic rings. The first-order valence-corrected chi connectivity index (χ1v) is 6.96. The van der Waals surface area contributed by atoms with Crippen molar-refractivity contribution in [2.24, 2.45) is 5.92 Å². The van der Waals surface area contributed by atoms with E-state index in [1.807, 2.05) is 12.1 Å². The molecule has 3 rings (SSSR count). The van der Waals surface area contributed by atoms with E-state index >= 15 is 0 Å². The van der Waals surface area contributed by atoms with Crippen molar-refractivity contribution in [3.05, 3.63) is 22.7 Å². The number of rotatable bonds is 3. The Morgan fingerprint density at radius 1 is 1.33 bits per heavy atom. The van der Waals surface area contributed by atoms with Crippen LogP contribution in [0.3, 0.4) is 0 Å². The number of aryl methyl sites for hydroxylation is 1. The van der Waals surface area contributed by atoms with Crippen LogP contribution in [-0.4, -0.2) is 18.8 Å². The fourth-order valence-corrected chi connectivity index (χ4v) is 2.88. The first-order chi connectivity index (χ1) is 8.65. The molecule has 0 radical (unpaired) electrons. The molecule has 0 spiro atoms. The van der Waals surface area contributed by atoms with Crippen LogP contribution in [0.4, 0.5) is 11.4 Å². The smallest absolute Gasteiger partial charge is 0.0804 e. The molecular weight excluding hydrogens is 248 g/mol. The van der Waals surface area contributed by atoms with Gasteiger partial charge >= 0.3 is 0 Å². The van der Waals surface area contributed by atoms with Crippen LogP contribution in [0.2, 0.25) is 5.02 Å². The van der Waals surface area contributed by atoms with Crippen LogP contribution in [0, 0.1) is 12.8 Å². The summed E-state index contributed by atoms with van der Waals surface area (Å²) in [7, 11) is 0. The van der Waals surface area contributed by atoms with Gasteiger partial charge in [-0.2, -0.15) is 0 Å². The Morgan fingerprint density at radius 3 is 2.83 bits per heavy atom. The van der Waals surface area contributed by atoms with Gasteiger partial charge in [0.1, 0.15) is 0 Å². The fourth-order valence-electron chi connectivity index (χ4n) is 2.71. The number of anilines is 2. The van der Waals surface area contributed by atoms with Gasteiger partial charge in [0.15, 0.2) is 0 Å². The van der Waals surface area contributed by atoms with Crippen molar-refractivity contribution in [3.63, 3.8) is 0 Å². The second kappa shape index (κ2) is 4.63. The molecule has 0 bridgehead atoms. The monoisotopic (exact) mass is 266 g/mol. The lowest BCUT2D eigenvalue weighted by molar-refractivity contribution is 0.0898. The summed E-state index contributed by atoms with van der Waals surface area (Å²) in [4.78, 5) is 0. The molecule has 1 aromatic carbocycles. The summed E-state index contributed by atoms with van der Waals surface area (Å²) in [5, 5.41) is 4.20. The van der Waals surface area contributed by atoms with Crippen molar-refractivity contribution in [1.29, 1.82) is 0 Å². The molecule has 2 unspecified atom stereocenters. The van der Waals surface area contributed by atoms with E-state index in [0.29, 0.717) is 22.9 Å². The molecule has 1 saturated carbocycles. The highest BCUT2D eigenvalue weighted by atomic mass is 35.5. The molecule has 3 N–H and O–H groups in total. The molecule has 2 fully saturated rings. The van der Waals surface area contributed by atoms with Gasteiger partial charge in [0.25, 0.3) is 0 Å². The first-order valence-electron chi connectivity index (χ1n) is 6.59. The number of nitrogens with two attached hydrogens (primary N) is 1. The van der Waals surface area contributed by atoms with E-state index in [1.54, 1.807) is 0 Å². The van der Waals surface area contributed by atoms with Crippen molar-refractivity contribution in [1.82, 2.24) is 0 Å². The van der Waals surface area contributed by atoms with E-state index in [-0.39, 0.29) is 0 Å². The Bertz CT molecular complexity index is 459. The lowest BCUT2D eigenvalue weighted by atomic mass is 10.0. The maximum atomic E-state index is 6.09. The second-order valence-electron chi connectivity index (χ2n) is 5.40. The molecule has 2 aliphatic rings. The molecule has 18 heavy (non-hydrogen) atoms. The Kier molecular flexibility index (Phi) is 3.12. The molecule has 1 saturated heterocycles. The van der Waals surface area contributed by atoms with Gasteiger partial charge in [-0.05, 0) is 49.8 Å². The number of hydrogen-bond donors (Lipinski definition) is 2. The summed E-state index contributed by atoms with van der Waals surface area (Å²) >= 11 is 6.09. The van der Waals surface area contributed by atoms with Crippen LogP contribution in [0.15, 0.2) is 12.1 Å². The minimum absolute atomic E-state index is 0.376. The summed E-state index contributed by atoms with van der Waals surface area (Å²) in [5.41, 5.74) is 8.66. The number of benzene rings is 1. The van der Waals surface area contributed by atoms with Crippen LogP contribution in [-0.2, 0) is 4.74 Å². The van der Waals surface area contributed by atoms with Gasteiger partial charge in [-0.15, -0.1) is 0 Å². The lowest BCUT2D eigenvalue weighted by Crippen LogP contribution is -2.31. The summed E-state index contributed by atoms with van der Waals surface area (Å²) in [6.45, 7) is 2.91. The van der Waals surface area contributed by atoms with Crippen LogP contribution in [0.25, 0.3) is 0 Å². The van der Waals surface area contributed by atoms with E-state index in [1.165, 1.54) is 12.8 Å². The third kappa shape index (κ3) is 2.29. The van der Waals surface area contributed by atoms with Gasteiger partial charge in [0, 0.05) is 12.3 Å². The third-order valence-electron chi connectivity index (χ3n) is 3.91. The van der Waals surface area contributed by atoms with Gasteiger partial charge in [-0.1, -0.05) is 11.6 Å². The molecule has 1 aliphatic carbocycles. The summed E-state index contributed by atoms with van der Waals surface area (Å²) in [6, 6.07) is 4.26. The molecule has 98 valence electrons. The van der Waals surface area contributed by atoms with Crippen LogP contribution in [0.5, 0.6) is 0 Å². The zero-order valence-electron chi connectivity index (χ0n) is 10.6. The Balaban J connectivity index is 1.77. The number of nitrogen functional groups attached to an aromatic ring is 1. The van der Waals surface area contributed by atoms with Gasteiger partial charge in [0.2, 0.25) is 0 Å². The molecule has 1 heterocycles. The standard InChI is InChI=1S/C14H19ClN2O/c1-8-6-11(16)10(15)7-13(8)17-12-4-5-18-14(12)9-2-3-9/h6-7,9,12,14,17H,2-5,16H2,1H3. The van der Waals surface area contributed by atoms with E-state index in [2.05, 4.69) is 12.2 Å². The molecule has 0 amide bonds. The average molecular weight is 267 g/mol. The number of nitrogens with one attached hydrogen (secondary N) is 1. The van der Waals surface area contributed by atoms with Crippen LogP contribution < -0.4 is 11.1 Å². The van der Waals surface area contributed by atoms with E-state index in [4.69, 9.17) is 22.1 Å². The maximum absolute atomic E-state index is 6.09. The Labute approximate surface area is 113 Å². The first kappa shape index (κ1) is 12.1. The lowest BCUT2D eigenvalue weighted by Gasteiger charge is -2.22. The zero-order chi connectivity index (χ0) is 12.7. The molecular formula is C14H19ClN2O. The van der Waals surface area contributed by atoms with Crippen molar-refractivity contribution >= 4 is 23.0 Å². The summed E-state index contributed by atoms with van der Waals surface area (Å²) in [5.74, 6) is 0.759. The second-order valence-corrected chi connectivity index (χ2v) is 5.81. The predicted octanol–water partition coefficient (Wildman–Crippen LogP) is 3.21. The quantitative estimate of drug-likeness (QED) is 0.826. The molecule has 0 aromatic heterocycles. The highest BCUT2D eigenvalue weighted by Crippen LogP contribution is 2.40. The fraction of sp³-hybridized carbons (Fsp3) is 0.571. The van der Waals surface area contributed by atoms with Crippen LogP contribution in [0.1, 0.15) is 24.8 Å². The molecule has 2 atom stereocenters. The normalized spacial score (nSPS) is 27.4. The SMILES string of the molecule is Cc1cc(N)c(Cl)cc1NC1CCOC1C1CC1. The highest BCUT2D eigenvalue weighted by molar-refractivity contribution is 6.33. The zero-order valence-corrected chi connectivity index (χ0v) is 11.3. The van der Waals surface area contributed by atoms with Gasteiger partial charge in [-0.3, -0.25) is 0 Å². The summed E-state index contributed by atoms with van der Waals surface area (Å²) < 4.78 is 5.84. The molecule has 4 heteroatoms. The largest absolute Gasteiger partial charge is 0.398 e. The Hall–Kier alpha value is -0.930. The average Bonchev–Trinajstić information content (AvgIpc) is 3.07. The number of hydrogen-bond acceptors (Lipinski definition) is 3. The van der Waals surface area contributed by atoms with Crippen molar-refractivity contribution < 1.29 is 4.74 Å². The molecule has 3 nitrogen and oxygen atoms in total. The van der Waals surface area contributed by atoms with E-state index in [9.17, 15) is 0 Å². The van der Waals surface area contributed by atoms with Crippen LogP contribution >= 0.6 is 11.6 Å². The minimum Gasteiger partial charge on any atom is -0.398 e. The van der Waals surface area contributed by atoms with Gasteiger partial charge < -0.3 is 15.8 Å². The van der Waals surface area contributed by atoms with Gasteiger partial charge in [-0.25, -0.2) is 0 Å². The highest BCUT2D eigenvalue weighted by Gasteiger charge is 2.40. The van der Waals surface area contributed by atoms with Crippen molar-refractivity contribution in [2.75, 3.05) is 17.7 Å². The third-order valence-corrected chi connectivity index (χ3v) is 4.23. The number of ether oxygens (including phenoxy) is 1. The van der Waals surface area contributed by atoms with Crippen molar-refractivity contribution in [2.45, 2.75) is 38.3 Å². The predicted molar refractivity (Wildman–Crippen MR) is 75.1 cm³/mol. The van der Waals surface area contributed by atoms with E-state index in [0.717, 1.165) is 30.2 Å². The van der Waals surface area contributed by atoms with E-state index < -0.39 is 0 Å². The van der Waals surface area contributed by atoms with Crippen molar-refractivity contribution in [3.8, 4) is 0 Å². The van der Waals surface area contributed by atoms with Gasteiger partial charge in [0.05, 0.1) is 22.9 Å². The maximum Gasteiger partial charge on any atom is 0.0804 e. The Morgan fingerprint density at radius 2 is 2.11 bits per heavy atom. The summed E-state index contributed by atoms with van der Waals surface area (Å²) in [6.07, 6.45) is 4.07. The minimum atomic E-state index is 0.376. The molecule has 1 aliphatic heterocycles. The number of halogens is 1. The topological polar surface area (TPSA) is 47.3 Å².